The molecule has 0 atom stereocenters. The van der Waals surface area contributed by atoms with E-state index in [0.29, 0.717) is 0 Å². The van der Waals surface area contributed by atoms with Gasteiger partial charge in [0.2, 0.25) is 0 Å². The number of piperidine rings is 1. The van der Waals surface area contributed by atoms with Crippen molar-refractivity contribution < 1.29 is 0 Å². The Hall–Kier alpha value is -0.200. The summed E-state index contributed by atoms with van der Waals surface area (Å²) in [5.74, 6) is 0.275. The van der Waals surface area contributed by atoms with Gasteiger partial charge in [0.1, 0.15) is 0 Å². The van der Waals surface area contributed by atoms with Gasteiger partial charge in [-0.05, 0) is 26.7 Å². The summed E-state index contributed by atoms with van der Waals surface area (Å²) in [6.45, 7) is 6.22. The normalized spacial score (nSPS) is 22.2. The number of likely N-dealkylation sites (tertiary alicyclic amines) is 1. The molecule has 0 unspecified atom stereocenters. The minimum atomic E-state index is -0.0274. The Balaban J connectivity index is 2.42. The Kier molecular flexibility index (Phi) is 3.03. The molecule has 0 N–H and O–H groups in total. The van der Waals surface area contributed by atoms with Gasteiger partial charge in [0.05, 0.1) is 10.9 Å². The minimum Gasteiger partial charge on any atom is -0.290 e. The zero-order chi connectivity index (χ0) is 9.19. The maximum Gasteiger partial charge on any atom is 0.0656 e. The first kappa shape index (κ1) is 9.88. The fraction of sp³-hybridized carbons (Fsp3) is 0.889. The highest BCUT2D eigenvalue weighted by atomic mass is 32.1. The Labute approximate surface area is 80.0 Å². The first-order valence-corrected chi connectivity index (χ1v) is 4.86. The van der Waals surface area contributed by atoms with E-state index in [1.807, 2.05) is 0 Å². The van der Waals surface area contributed by atoms with Crippen molar-refractivity contribution in [3.8, 4) is 6.07 Å². The van der Waals surface area contributed by atoms with Crippen molar-refractivity contribution in [3.63, 3.8) is 0 Å². The van der Waals surface area contributed by atoms with Crippen LogP contribution in [0.1, 0.15) is 26.7 Å². The molecule has 1 fully saturated rings. The van der Waals surface area contributed by atoms with Gasteiger partial charge in [0.25, 0.3) is 0 Å². The zero-order valence-electron chi connectivity index (χ0n) is 7.75. The summed E-state index contributed by atoms with van der Waals surface area (Å²) in [7, 11) is 0. The van der Waals surface area contributed by atoms with Gasteiger partial charge in [-0.1, -0.05) is 0 Å². The second-order valence-corrected chi connectivity index (χ2v) is 4.98. The van der Waals surface area contributed by atoms with E-state index in [-0.39, 0.29) is 10.8 Å². The SMILES string of the molecule is CC(C)(S)N1CCC(C#N)CC1. The van der Waals surface area contributed by atoms with E-state index < -0.39 is 0 Å². The second-order valence-electron chi connectivity index (χ2n) is 3.88. The molecule has 0 saturated carbocycles. The van der Waals surface area contributed by atoms with Crippen LogP contribution in [0.15, 0.2) is 0 Å². The Morgan fingerprint density at radius 3 is 2.25 bits per heavy atom. The van der Waals surface area contributed by atoms with Crippen LogP contribution in [0.2, 0.25) is 0 Å². The predicted molar refractivity (Wildman–Crippen MR) is 53.0 cm³/mol. The number of nitriles is 1. The van der Waals surface area contributed by atoms with Crippen molar-refractivity contribution in [1.29, 1.82) is 5.26 Å². The number of thiol groups is 1. The van der Waals surface area contributed by atoms with Gasteiger partial charge in [0, 0.05) is 19.0 Å². The number of rotatable bonds is 1. The maximum atomic E-state index is 8.69. The number of hydrogen-bond donors (Lipinski definition) is 1. The van der Waals surface area contributed by atoms with Crippen molar-refractivity contribution in [2.24, 2.45) is 5.92 Å². The lowest BCUT2D eigenvalue weighted by Crippen LogP contribution is -2.44. The average Bonchev–Trinajstić information content (AvgIpc) is 2.03. The highest BCUT2D eigenvalue weighted by Gasteiger charge is 2.27. The molecule has 1 saturated heterocycles. The third-order valence-electron chi connectivity index (χ3n) is 2.45. The molecule has 1 aliphatic rings. The summed E-state index contributed by atoms with van der Waals surface area (Å²) in [6, 6.07) is 2.32. The van der Waals surface area contributed by atoms with E-state index in [0.717, 1.165) is 25.9 Å². The maximum absolute atomic E-state index is 8.69. The molecule has 1 rings (SSSR count). The van der Waals surface area contributed by atoms with Crippen LogP contribution in [0, 0.1) is 17.2 Å². The fourth-order valence-corrected chi connectivity index (χ4v) is 1.76. The lowest BCUT2D eigenvalue weighted by atomic mass is 9.98. The van der Waals surface area contributed by atoms with Crippen LogP contribution in [0.5, 0.6) is 0 Å². The van der Waals surface area contributed by atoms with Crippen molar-refractivity contribution >= 4 is 12.6 Å². The van der Waals surface area contributed by atoms with Crippen LogP contribution in [0.3, 0.4) is 0 Å². The van der Waals surface area contributed by atoms with Crippen molar-refractivity contribution in [2.75, 3.05) is 13.1 Å². The zero-order valence-corrected chi connectivity index (χ0v) is 8.64. The van der Waals surface area contributed by atoms with Crippen LogP contribution < -0.4 is 0 Å². The topological polar surface area (TPSA) is 27.0 Å². The van der Waals surface area contributed by atoms with E-state index in [9.17, 15) is 0 Å². The summed E-state index contributed by atoms with van der Waals surface area (Å²) in [6.07, 6.45) is 2.00. The van der Waals surface area contributed by atoms with Crippen molar-refractivity contribution in [1.82, 2.24) is 4.90 Å². The lowest BCUT2D eigenvalue weighted by Gasteiger charge is -2.38. The summed E-state index contributed by atoms with van der Waals surface area (Å²) in [5, 5.41) is 8.69. The largest absolute Gasteiger partial charge is 0.290 e. The molecular weight excluding hydrogens is 168 g/mol. The first-order valence-electron chi connectivity index (χ1n) is 4.41. The molecule has 1 heterocycles. The molecule has 3 heteroatoms. The third kappa shape index (κ3) is 2.40. The molecule has 0 spiro atoms. The molecule has 68 valence electrons. The molecular formula is C9H16N2S. The molecule has 0 aromatic carbocycles. The van der Waals surface area contributed by atoms with Crippen LogP contribution in [0.4, 0.5) is 0 Å². The van der Waals surface area contributed by atoms with Crippen molar-refractivity contribution in [3.05, 3.63) is 0 Å². The number of nitrogens with zero attached hydrogens (tertiary/aromatic N) is 2. The van der Waals surface area contributed by atoms with E-state index >= 15 is 0 Å². The van der Waals surface area contributed by atoms with E-state index in [4.69, 9.17) is 5.26 Å². The van der Waals surface area contributed by atoms with Gasteiger partial charge < -0.3 is 0 Å². The Morgan fingerprint density at radius 1 is 1.42 bits per heavy atom. The summed E-state index contributed by atoms with van der Waals surface area (Å²) in [5.41, 5.74) is 0. The molecule has 0 aromatic rings. The van der Waals surface area contributed by atoms with E-state index in [2.05, 4.69) is 37.4 Å². The van der Waals surface area contributed by atoms with E-state index in [1.54, 1.807) is 0 Å². The van der Waals surface area contributed by atoms with Gasteiger partial charge in [-0.15, -0.1) is 0 Å². The monoisotopic (exact) mass is 184 g/mol. The Bertz CT molecular complexity index is 182. The highest BCUT2D eigenvalue weighted by Crippen LogP contribution is 2.25. The molecule has 1 aliphatic heterocycles. The standard InChI is InChI=1S/C9H16N2S/c1-9(2,12)11-5-3-8(7-10)4-6-11/h8,12H,3-6H2,1-2H3. The molecule has 0 aliphatic carbocycles. The van der Waals surface area contributed by atoms with Crippen molar-refractivity contribution in [2.45, 2.75) is 31.6 Å². The summed E-state index contributed by atoms with van der Waals surface area (Å²) in [4.78, 5) is 2.30. The molecule has 0 aromatic heterocycles. The Morgan fingerprint density at radius 2 is 1.92 bits per heavy atom. The molecule has 2 nitrogen and oxygen atoms in total. The highest BCUT2D eigenvalue weighted by molar-refractivity contribution is 7.81. The predicted octanol–water partition coefficient (Wildman–Crippen LogP) is 1.89. The van der Waals surface area contributed by atoms with Crippen LogP contribution >= 0.6 is 12.6 Å². The first-order chi connectivity index (χ1) is 5.54. The van der Waals surface area contributed by atoms with Gasteiger partial charge in [0.15, 0.2) is 0 Å². The number of hydrogen-bond acceptors (Lipinski definition) is 3. The van der Waals surface area contributed by atoms with Crippen LogP contribution in [0.25, 0.3) is 0 Å². The fourth-order valence-electron chi connectivity index (χ4n) is 1.56. The van der Waals surface area contributed by atoms with Gasteiger partial charge in [-0.2, -0.15) is 17.9 Å². The molecule has 12 heavy (non-hydrogen) atoms. The third-order valence-corrected chi connectivity index (χ3v) is 2.73. The molecule has 0 radical (unpaired) electrons. The van der Waals surface area contributed by atoms with Gasteiger partial charge in [-0.3, -0.25) is 4.90 Å². The summed E-state index contributed by atoms with van der Waals surface area (Å²) >= 11 is 4.50. The van der Waals surface area contributed by atoms with Crippen LogP contribution in [-0.4, -0.2) is 22.9 Å². The lowest BCUT2D eigenvalue weighted by molar-refractivity contribution is 0.147. The van der Waals surface area contributed by atoms with E-state index in [1.165, 1.54) is 0 Å². The quantitative estimate of drug-likeness (QED) is 0.630. The average molecular weight is 184 g/mol. The molecule has 0 bridgehead atoms. The molecule has 0 amide bonds. The second kappa shape index (κ2) is 3.68. The smallest absolute Gasteiger partial charge is 0.0656 e. The minimum absolute atomic E-state index is 0.0274. The van der Waals surface area contributed by atoms with Gasteiger partial charge in [-0.25, -0.2) is 0 Å². The van der Waals surface area contributed by atoms with Gasteiger partial charge >= 0.3 is 0 Å². The summed E-state index contributed by atoms with van der Waals surface area (Å²) < 4.78 is 0. The van der Waals surface area contributed by atoms with Crippen LogP contribution in [-0.2, 0) is 0 Å².